The van der Waals surface area contributed by atoms with E-state index in [1.165, 1.54) is 6.33 Å². The fourth-order valence-electron chi connectivity index (χ4n) is 6.85. The number of Topliss-reactive ketones (excluding diaryl/α,β-unsaturated/α-hetero) is 1. The van der Waals surface area contributed by atoms with Crippen LogP contribution in [0.3, 0.4) is 0 Å². The van der Waals surface area contributed by atoms with Crippen molar-refractivity contribution in [1.29, 1.82) is 0 Å². The van der Waals surface area contributed by atoms with Crippen molar-refractivity contribution in [1.82, 2.24) is 41.7 Å². The minimum atomic E-state index is -0.964. The number of carbonyl (C=O) groups is 4. The van der Waals surface area contributed by atoms with Gasteiger partial charge in [-0.1, -0.05) is 36.4 Å². The van der Waals surface area contributed by atoms with E-state index in [0.717, 1.165) is 16.8 Å². The highest BCUT2D eigenvalue weighted by molar-refractivity contribution is 7.80. The molecule has 70 heavy (non-hydrogen) atoms. The molecule has 24 heteroatoms. The number of thiocarbonyl (C=S) groups is 1. The Hall–Kier alpha value is -5.25. The van der Waals surface area contributed by atoms with E-state index in [0.29, 0.717) is 161 Å². The molecule has 1 saturated heterocycles. The molecule has 3 aromatic rings. The Morgan fingerprint density at radius 2 is 1.20 bits per heavy atom. The van der Waals surface area contributed by atoms with Gasteiger partial charge in [0.15, 0.2) is 17.2 Å². The van der Waals surface area contributed by atoms with Crippen LogP contribution in [0.15, 0.2) is 54.9 Å². The van der Waals surface area contributed by atoms with Crippen molar-refractivity contribution >= 4 is 47.7 Å². The zero-order valence-corrected chi connectivity index (χ0v) is 40.2. The van der Waals surface area contributed by atoms with Gasteiger partial charge in [-0.25, -0.2) is 0 Å². The number of ether oxygens (including phenoxy) is 9. The number of aromatic nitrogens is 4. The maximum Gasteiger partial charge on any atom is 0.304 e. The van der Waals surface area contributed by atoms with Crippen LogP contribution in [0.5, 0.6) is 0 Å². The molecule has 2 heterocycles. The summed E-state index contributed by atoms with van der Waals surface area (Å²) >= 11 is 5.44. The number of aliphatic carboxylic acids is 1. The molecule has 4 atom stereocenters. The number of carbonyl (C=O) groups excluding carboxylic acids is 3. The van der Waals surface area contributed by atoms with Gasteiger partial charge < -0.3 is 74.3 Å². The lowest BCUT2D eigenvalue weighted by Crippen LogP contribution is -2.54. The summed E-state index contributed by atoms with van der Waals surface area (Å²) in [5.41, 5.74) is 3.09. The van der Waals surface area contributed by atoms with Crippen LogP contribution in [0.1, 0.15) is 35.2 Å². The summed E-state index contributed by atoms with van der Waals surface area (Å²) in [7, 11) is 0. The molecule has 0 amide bonds. The minimum absolute atomic E-state index is 0.0424. The molecule has 1 aromatic heterocycles. The average Bonchev–Trinajstić information content (AvgIpc) is 3.44. The Bertz CT molecular complexity index is 1900. The molecule has 1 aliphatic heterocycles. The smallest absolute Gasteiger partial charge is 0.304 e. The molecule has 4 unspecified atom stereocenters. The van der Waals surface area contributed by atoms with Crippen molar-refractivity contribution in [2.75, 3.05) is 131 Å². The van der Waals surface area contributed by atoms with Crippen LogP contribution in [0.4, 0.5) is 5.69 Å². The van der Waals surface area contributed by atoms with Gasteiger partial charge in [0.05, 0.1) is 104 Å². The van der Waals surface area contributed by atoms with E-state index in [1.807, 2.05) is 24.3 Å². The highest BCUT2D eigenvalue weighted by Gasteiger charge is 2.30. The lowest BCUT2D eigenvalue weighted by molar-refractivity contribution is -0.137. The number of nitrogens with one attached hydrogen (secondary N) is 5. The Morgan fingerprint density at radius 3 is 1.76 bits per heavy atom. The number of benzene rings is 2. The summed E-state index contributed by atoms with van der Waals surface area (Å²) in [5, 5.41) is 41.7. The molecular formula is C46H67N9O14S. The lowest BCUT2D eigenvalue weighted by Gasteiger charge is -2.30. The molecule has 1 aliphatic rings. The summed E-state index contributed by atoms with van der Waals surface area (Å²) in [6, 6.07) is 13.3. The largest absolute Gasteiger partial charge is 0.481 e. The molecule has 386 valence electrons. The van der Waals surface area contributed by atoms with Crippen LogP contribution in [0.25, 0.3) is 11.4 Å². The Kier molecular flexibility index (Phi) is 30.0. The number of ketones is 1. The number of hydrogen-bond donors (Lipinski definition) is 6. The first kappa shape index (κ1) is 57.3. The Morgan fingerprint density at radius 1 is 0.671 bits per heavy atom. The minimum Gasteiger partial charge on any atom is -0.481 e. The molecule has 0 spiro atoms. The van der Waals surface area contributed by atoms with Gasteiger partial charge in [0, 0.05) is 61.6 Å². The second kappa shape index (κ2) is 36.7. The Labute approximate surface area is 413 Å². The van der Waals surface area contributed by atoms with Crippen molar-refractivity contribution in [2.45, 2.75) is 49.9 Å². The van der Waals surface area contributed by atoms with Crippen LogP contribution in [-0.2, 0) is 63.4 Å². The van der Waals surface area contributed by atoms with Crippen LogP contribution >= 0.6 is 12.2 Å². The summed E-state index contributed by atoms with van der Waals surface area (Å²) in [6.45, 7) is 8.36. The van der Waals surface area contributed by atoms with E-state index in [-0.39, 0.29) is 43.5 Å². The number of hydrogen-bond acceptors (Lipinski definition) is 21. The van der Waals surface area contributed by atoms with Gasteiger partial charge in [-0.05, 0) is 42.8 Å². The normalized spacial score (nSPS) is 17.1. The van der Waals surface area contributed by atoms with E-state index >= 15 is 0 Å². The molecule has 0 radical (unpaired) electrons. The number of carboxylic acids is 1. The molecule has 0 saturated carbocycles. The maximum atomic E-state index is 12.4. The monoisotopic (exact) mass is 1000 g/mol. The number of nitrogens with zero attached hydrogens (tertiary/aromatic N) is 4. The van der Waals surface area contributed by atoms with Gasteiger partial charge >= 0.3 is 5.97 Å². The molecule has 1 fully saturated rings. The van der Waals surface area contributed by atoms with E-state index < -0.39 is 12.0 Å². The van der Waals surface area contributed by atoms with Crippen molar-refractivity contribution < 1.29 is 66.9 Å². The second-order valence-corrected chi connectivity index (χ2v) is 16.0. The first-order valence-corrected chi connectivity index (χ1v) is 23.6. The first-order valence-electron chi connectivity index (χ1n) is 23.2. The van der Waals surface area contributed by atoms with Gasteiger partial charge in [-0.2, -0.15) is 0 Å². The van der Waals surface area contributed by atoms with Gasteiger partial charge in [0.2, 0.25) is 5.82 Å². The molecule has 6 N–H and O–H groups in total. The predicted molar refractivity (Wildman–Crippen MR) is 257 cm³/mol. The average molecular weight is 1000 g/mol. The standard InChI is InChI=1S/C46H67N9O14S/c56-33-68-30-39-28-49-41(27-44(59)60)42(52-40(29-48-39)31-69-34-57)26-35-3-9-38(10-4-35)53-46(70)47-11-13-62-15-17-64-19-21-66-23-25-67-24-22-65-20-18-63-16-14-61-12-1-2-43(58)36-5-7-37(8-6-36)45-54-50-32-51-55-45/h3-10,32-34,39-42,48-49,52H,1-2,11-31H2,(H,59,60)(H2,47,53,70). The summed E-state index contributed by atoms with van der Waals surface area (Å²) in [5.74, 6) is -0.515. The number of anilines is 1. The predicted octanol–water partition coefficient (Wildman–Crippen LogP) is 0.619. The van der Waals surface area contributed by atoms with Gasteiger partial charge in [-0.3, -0.25) is 19.2 Å². The summed E-state index contributed by atoms with van der Waals surface area (Å²) in [6.07, 6.45) is 2.59. The maximum absolute atomic E-state index is 12.4. The van der Waals surface area contributed by atoms with Crippen molar-refractivity contribution in [2.24, 2.45) is 0 Å². The molecule has 4 rings (SSSR count). The van der Waals surface area contributed by atoms with Gasteiger partial charge in [-0.15, -0.1) is 20.4 Å². The zero-order chi connectivity index (χ0) is 49.7. The van der Waals surface area contributed by atoms with Gasteiger partial charge in [0.1, 0.15) is 13.2 Å². The van der Waals surface area contributed by atoms with E-state index in [9.17, 15) is 24.3 Å². The van der Waals surface area contributed by atoms with Crippen LogP contribution < -0.4 is 26.6 Å². The number of carboxylic acid groups (broad SMARTS) is 1. The molecule has 2 aromatic carbocycles. The summed E-state index contributed by atoms with van der Waals surface area (Å²) < 4.78 is 48.9. The van der Waals surface area contributed by atoms with Crippen LogP contribution in [0, 0.1) is 0 Å². The number of rotatable bonds is 38. The second-order valence-electron chi connectivity index (χ2n) is 15.6. The van der Waals surface area contributed by atoms with Gasteiger partial charge in [0.25, 0.3) is 12.9 Å². The third-order valence-electron chi connectivity index (χ3n) is 10.3. The highest BCUT2D eigenvalue weighted by Crippen LogP contribution is 2.17. The lowest BCUT2D eigenvalue weighted by atomic mass is 9.95. The molecule has 23 nitrogen and oxygen atoms in total. The molecule has 0 bridgehead atoms. The zero-order valence-electron chi connectivity index (χ0n) is 39.4. The van der Waals surface area contributed by atoms with E-state index in [2.05, 4.69) is 47.0 Å². The SMILES string of the molecule is O=COCC1CNC(CC(=O)O)C(Cc2ccc(NC(=S)NCCOCCOCCOCCOCCOCCOCCOCCCC(=O)c3ccc(-c4nncnn4)cc3)cc2)NC(COC=O)CN1. The van der Waals surface area contributed by atoms with Crippen molar-refractivity contribution in [3.63, 3.8) is 0 Å². The highest BCUT2D eigenvalue weighted by atomic mass is 32.1. The van der Waals surface area contributed by atoms with E-state index in [1.54, 1.807) is 24.3 Å². The van der Waals surface area contributed by atoms with Crippen molar-refractivity contribution in [3.05, 3.63) is 66.0 Å². The molecule has 0 aliphatic carbocycles. The topological polar surface area (TPSA) is 283 Å². The van der Waals surface area contributed by atoms with E-state index in [4.69, 9.17) is 54.8 Å². The molecular weight excluding hydrogens is 935 g/mol. The summed E-state index contributed by atoms with van der Waals surface area (Å²) in [4.78, 5) is 46.0. The third kappa shape index (κ3) is 25.6. The van der Waals surface area contributed by atoms with Crippen molar-refractivity contribution in [3.8, 4) is 11.4 Å². The quantitative estimate of drug-likeness (QED) is 0.0199. The third-order valence-corrected chi connectivity index (χ3v) is 10.6. The Balaban J connectivity index is 0.909. The van der Waals surface area contributed by atoms with Crippen LogP contribution in [-0.4, -0.2) is 205 Å². The van der Waals surface area contributed by atoms with Crippen LogP contribution in [0.2, 0.25) is 0 Å². The fraction of sp³-hybridized carbons (Fsp3) is 0.587. The first-order chi connectivity index (χ1) is 34.3. The fourth-order valence-corrected chi connectivity index (χ4v) is 7.07.